The van der Waals surface area contributed by atoms with E-state index in [1.807, 2.05) is 25.1 Å². The van der Waals surface area contributed by atoms with E-state index in [0.29, 0.717) is 10.9 Å². The molecular weight excluding hydrogens is 250 g/mol. The number of nitrogens with zero attached hydrogens (tertiary/aromatic N) is 2. The van der Waals surface area contributed by atoms with E-state index in [0.717, 1.165) is 36.3 Å². The van der Waals surface area contributed by atoms with Gasteiger partial charge in [0.2, 0.25) is 0 Å². The number of rotatable bonds is 2. The molecule has 0 spiro atoms. The number of halogens is 1. The lowest BCUT2D eigenvalue weighted by molar-refractivity contribution is 0.412. The Kier molecular flexibility index (Phi) is 3.06. The average Bonchev–Trinajstić information content (AvgIpc) is 3.01. The van der Waals surface area contributed by atoms with Gasteiger partial charge < -0.3 is 9.84 Å². The highest BCUT2D eigenvalue weighted by atomic mass is 35.5. The number of hydrogen-bond donors (Lipinski definition) is 1. The van der Waals surface area contributed by atoms with Gasteiger partial charge in [0.15, 0.2) is 5.82 Å². The van der Waals surface area contributed by atoms with Gasteiger partial charge in [0.1, 0.15) is 0 Å². The molecule has 0 bridgehead atoms. The highest BCUT2D eigenvalue weighted by molar-refractivity contribution is 6.31. The molecule has 2 heterocycles. The van der Waals surface area contributed by atoms with Crippen LogP contribution in [0.4, 0.5) is 0 Å². The molecular formula is C13H14ClN3O. The van der Waals surface area contributed by atoms with Crippen LogP contribution in [0, 0.1) is 6.92 Å². The van der Waals surface area contributed by atoms with Crippen LogP contribution in [0.3, 0.4) is 0 Å². The molecule has 0 amide bonds. The van der Waals surface area contributed by atoms with Gasteiger partial charge in [-0.1, -0.05) is 22.8 Å². The smallest absolute Gasteiger partial charge is 0.258 e. The summed E-state index contributed by atoms with van der Waals surface area (Å²) in [7, 11) is 0. The molecule has 2 aromatic rings. The zero-order chi connectivity index (χ0) is 12.5. The van der Waals surface area contributed by atoms with Gasteiger partial charge in [-0.2, -0.15) is 4.98 Å². The minimum absolute atomic E-state index is 0.224. The van der Waals surface area contributed by atoms with Crippen LogP contribution in [0.25, 0.3) is 11.5 Å². The third-order valence-corrected chi connectivity index (χ3v) is 3.72. The number of nitrogens with one attached hydrogen (secondary N) is 1. The van der Waals surface area contributed by atoms with Crippen LogP contribution in [-0.4, -0.2) is 16.7 Å². The van der Waals surface area contributed by atoms with E-state index in [1.165, 1.54) is 0 Å². The lowest BCUT2D eigenvalue weighted by atomic mass is 10.1. The summed E-state index contributed by atoms with van der Waals surface area (Å²) in [6.07, 6.45) is 2.22. The largest absolute Gasteiger partial charge is 0.334 e. The van der Waals surface area contributed by atoms with Crippen LogP contribution < -0.4 is 5.32 Å². The maximum atomic E-state index is 6.10. The molecule has 1 aromatic heterocycles. The fourth-order valence-corrected chi connectivity index (χ4v) is 2.40. The number of benzene rings is 1. The summed E-state index contributed by atoms with van der Waals surface area (Å²) >= 11 is 6.10. The van der Waals surface area contributed by atoms with E-state index in [9.17, 15) is 0 Å². The first-order chi connectivity index (χ1) is 8.75. The highest BCUT2D eigenvalue weighted by Gasteiger charge is 2.22. The van der Waals surface area contributed by atoms with Crippen LogP contribution in [0.1, 0.15) is 30.3 Å². The van der Waals surface area contributed by atoms with Gasteiger partial charge in [0.05, 0.1) is 6.04 Å². The second kappa shape index (κ2) is 4.71. The topological polar surface area (TPSA) is 51.0 Å². The molecule has 94 valence electrons. The second-order valence-corrected chi connectivity index (χ2v) is 4.93. The van der Waals surface area contributed by atoms with E-state index in [4.69, 9.17) is 16.1 Å². The van der Waals surface area contributed by atoms with Gasteiger partial charge in [0, 0.05) is 10.6 Å². The first kappa shape index (κ1) is 11.7. The maximum Gasteiger partial charge on any atom is 0.258 e. The maximum absolute atomic E-state index is 6.10. The van der Waals surface area contributed by atoms with Gasteiger partial charge in [-0.15, -0.1) is 0 Å². The first-order valence-corrected chi connectivity index (χ1v) is 6.46. The van der Waals surface area contributed by atoms with Crippen LogP contribution in [0.15, 0.2) is 22.7 Å². The van der Waals surface area contributed by atoms with Gasteiger partial charge in [0.25, 0.3) is 5.89 Å². The van der Waals surface area contributed by atoms with Crippen molar-refractivity contribution in [1.82, 2.24) is 15.5 Å². The third kappa shape index (κ3) is 2.02. The van der Waals surface area contributed by atoms with Crippen LogP contribution in [0.5, 0.6) is 0 Å². The molecule has 1 saturated heterocycles. The standard InChI is InChI=1S/C13H14ClN3O/c1-8-9(4-2-5-10(8)14)13-16-12(17-18-13)11-6-3-7-15-11/h2,4-5,11,15H,3,6-7H2,1H3/t11-/m0/s1. The van der Waals surface area contributed by atoms with Gasteiger partial charge in [-0.05, 0) is 44.0 Å². The van der Waals surface area contributed by atoms with Crippen molar-refractivity contribution in [2.45, 2.75) is 25.8 Å². The summed E-state index contributed by atoms with van der Waals surface area (Å²) in [5, 5.41) is 8.12. The normalized spacial score (nSPS) is 19.3. The lowest BCUT2D eigenvalue weighted by Crippen LogP contribution is -2.14. The average molecular weight is 264 g/mol. The fraction of sp³-hybridized carbons (Fsp3) is 0.385. The van der Waals surface area contributed by atoms with E-state index < -0.39 is 0 Å². The molecule has 1 atom stereocenters. The van der Waals surface area contributed by atoms with Gasteiger partial charge in [-0.25, -0.2) is 0 Å². The molecule has 1 aliphatic rings. The summed E-state index contributed by atoms with van der Waals surface area (Å²) in [6.45, 7) is 2.97. The predicted molar refractivity (Wildman–Crippen MR) is 69.5 cm³/mol. The monoisotopic (exact) mass is 263 g/mol. The summed E-state index contributed by atoms with van der Waals surface area (Å²) in [5.74, 6) is 1.28. The molecule has 5 heteroatoms. The van der Waals surface area contributed by atoms with Crippen molar-refractivity contribution in [3.8, 4) is 11.5 Å². The zero-order valence-electron chi connectivity index (χ0n) is 10.1. The Hall–Kier alpha value is -1.39. The highest BCUT2D eigenvalue weighted by Crippen LogP contribution is 2.29. The predicted octanol–water partition coefficient (Wildman–Crippen LogP) is 3.12. The molecule has 1 N–H and O–H groups in total. The molecule has 4 nitrogen and oxygen atoms in total. The minimum Gasteiger partial charge on any atom is -0.334 e. The summed E-state index contributed by atoms with van der Waals surface area (Å²) in [5.41, 5.74) is 1.87. The van der Waals surface area contributed by atoms with Crippen molar-refractivity contribution in [3.63, 3.8) is 0 Å². The molecule has 0 saturated carbocycles. The van der Waals surface area contributed by atoms with Crippen molar-refractivity contribution in [3.05, 3.63) is 34.6 Å². The molecule has 0 aliphatic carbocycles. The van der Waals surface area contributed by atoms with Gasteiger partial charge >= 0.3 is 0 Å². The quantitative estimate of drug-likeness (QED) is 0.904. The Labute approximate surface area is 110 Å². The van der Waals surface area contributed by atoms with Crippen molar-refractivity contribution in [2.75, 3.05) is 6.54 Å². The van der Waals surface area contributed by atoms with E-state index in [2.05, 4.69) is 15.5 Å². The Morgan fingerprint density at radius 2 is 2.33 bits per heavy atom. The number of aromatic nitrogens is 2. The molecule has 0 radical (unpaired) electrons. The first-order valence-electron chi connectivity index (χ1n) is 6.08. The Balaban J connectivity index is 1.95. The molecule has 0 unspecified atom stereocenters. The SMILES string of the molecule is Cc1c(Cl)cccc1-c1nc([C@@H]2CCCN2)no1. The molecule has 1 aromatic carbocycles. The van der Waals surface area contributed by atoms with Crippen LogP contribution >= 0.6 is 11.6 Å². The van der Waals surface area contributed by atoms with E-state index in [1.54, 1.807) is 0 Å². The summed E-state index contributed by atoms with van der Waals surface area (Å²) in [6, 6.07) is 5.92. The zero-order valence-corrected chi connectivity index (χ0v) is 10.9. The Morgan fingerprint density at radius 3 is 3.11 bits per heavy atom. The fourth-order valence-electron chi connectivity index (χ4n) is 2.23. The van der Waals surface area contributed by atoms with Crippen molar-refractivity contribution < 1.29 is 4.52 Å². The molecule has 1 fully saturated rings. The van der Waals surface area contributed by atoms with E-state index in [-0.39, 0.29) is 6.04 Å². The summed E-state index contributed by atoms with van der Waals surface area (Å²) in [4.78, 5) is 4.47. The Bertz CT molecular complexity index is 561. The van der Waals surface area contributed by atoms with Crippen LogP contribution in [-0.2, 0) is 0 Å². The minimum atomic E-state index is 0.224. The molecule has 18 heavy (non-hydrogen) atoms. The van der Waals surface area contributed by atoms with Gasteiger partial charge in [-0.3, -0.25) is 0 Å². The second-order valence-electron chi connectivity index (χ2n) is 4.52. The van der Waals surface area contributed by atoms with E-state index >= 15 is 0 Å². The lowest BCUT2D eigenvalue weighted by Gasteiger charge is -2.03. The molecule has 3 rings (SSSR count). The van der Waals surface area contributed by atoms with Crippen molar-refractivity contribution >= 4 is 11.6 Å². The third-order valence-electron chi connectivity index (χ3n) is 3.31. The Morgan fingerprint density at radius 1 is 1.44 bits per heavy atom. The molecule has 1 aliphatic heterocycles. The van der Waals surface area contributed by atoms with Crippen molar-refractivity contribution in [1.29, 1.82) is 0 Å². The van der Waals surface area contributed by atoms with Crippen LogP contribution in [0.2, 0.25) is 5.02 Å². The van der Waals surface area contributed by atoms with Crippen molar-refractivity contribution in [2.24, 2.45) is 0 Å². The number of hydrogen-bond acceptors (Lipinski definition) is 4. The summed E-state index contributed by atoms with van der Waals surface area (Å²) < 4.78 is 5.34.